The molecule has 0 spiro atoms. The maximum absolute atomic E-state index is 12.4. The fourth-order valence-electron chi connectivity index (χ4n) is 2.59. The van der Waals surface area contributed by atoms with Gasteiger partial charge in [-0.15, -0.1) is 0 Å². The third-order valence-electron chi connectivity index (χ3n) is 3.93. The first-order chi connectivity index (χ1) is 9.88. The molecule has 3 nitrogen and oxygen atoms in total. The molecule has 0 aromatic heterocycles. The summed E-state index contributed by atoms with van der Waals surface area (Å²) >= 11 is 0. The summed E-state index contributed by atoms with van der Waals surface area (Å²) in [6.07, 6.45) is 2.42. The van der Waals surface area contributed by atoms with Gasteiger partial charge < -0.3 is 10.5 Å². The zero-order valence-electron chi connectivity index (χ0n) is 13.8. The number of rotatable bonds is 8. The van der Waals surface area contributed by atoms with Gasteiger partial charge in [0.2, 0.25) is 0 Å². The second-order valence-electron chi connectivity index (χ2n) is 6.56. The van der Waals surface area contributed by atoms with E-state index in [0.29, 0.717) is 25.5 Å². The van der Waals surface area contributed by atoms with Gasteiger partial charge in [-0.05, 0) is 49.8 Å². The van der Waals surface area contributed by atoms with E-state index in [4.69, 9.17) is 10.5 Å². The second kappa shape index (κ2) is 8.18. The van der Waals surface area contributed by atoms with Crippen molar-refractivity contribution in [3.05, 3.63) is 29.8 Å². The summed E-state index contributed by atoms with van der Waals surface area (Å²) in [4.78, 5) is 12.4. The molecule has 1 aromatic rings. The molecule has 1 aromatic carbocycles. The minimum absolute atomic E-state index is 0.183. The van der Waals surface area contributed by atoms with Gasteiger partial charge in [-0.3, -0.25) is 4.79 Å². The highest BCUT2D eigenvalue weighted by Gasteiger charge is 2.24. The van der Waals surface area contributed by atoms with E-state index >= 15 is 0 Å². The average Bonchev–Trinajstić information content (AvgIpc) is 2.42. The molecule has 21 heavy (non-hydrogen) atoms. The molecule has 0 aliphatic rings. The number of benzene rings is 1. The second-order valence-corrected chi connectivity index (χ2v) is 6.56. The number of Topliss-reactive ketones (excluding diaryl/α,β-unsaturated/α-hetero) is 1. The maximum atomic E-state index is 12.4. The summed E-state index contributed by atoms with van der Waals surface area (Å²) in [6.45, 7) is 9.87. The van der Waals surface area contributed by atoms with Crippen LogP contribution in [-0.4, -0.2) is 18.9 Å². The van der Waals surface area contributed by atoms with Crippen molar-refractivity contribution in [2.45, 2.75) is 47.0 Å². The molecule has 1 atom stereocenters. The number of nitrogens with two attached hydrogens (primary N) is 1. The molecule has 118 valence electrons. The minimum atomic E-state index is 0.183. The molecule has 0 amide bonds. The van der Waals surface area contributed by atoms with E-state index in [1.165, 1.54) is 0 Å². The molecular formula is C18H29NO2. The van der Waals surface area contributed by atoms with Crippen LogP contribution in [0.4, 0.5) is 0 Å². The zero-order chi connectivity index (χ0) is 15.9. The highest BCUT2D eigenvalue weighted by molar-refractivity contribution is 5.96. The van der Waals surface area contributed by atoms with Crippen molar-refractivity contribution in [2.24, 2.45) is 17.1 Å². The Bertz CT molecular complexity index is 449. The minimum Gasteiger partial charge on any atom is -0.494 e. The average molecular weight is 291 g/mol. The van der Waals surface area contributed by atoms with Crippen molar-refractivity contribution < 1.29 is 9.53 Å². The molecule has 0 bridgehead atoms. The fourth-order valence-corrected chi connectivity index (χ4v) is 2.59. The highest BCUT2D eigenvalue weighted by Crippen LogP contribution is 2.32. The SMILES string of the molecule is CCOc1cccc(C(=O)CCC(CCN)C(C)(C)C)c1. The van der Waals surface area contributed by atoms with Crippen LogP contribution in [0.2, 0.25) is 0 Å². The van der Waals surface area contributed by atoms with Crippen LogP contribution in [0.3, 0.4) is 0 Å². The largest absolute Gasteiger partial charge is 0.494 e. The topological polar surface area (TPSA) is 52.3 Å². The first kappa shape index (κ1) is 17.7. The lowest BCUT2D eigenvalue weighted by atomic mass is 9.76. The van der Waals surface area contributed by atoms with Gasteiger partial charge in [0, 0.05) is 12.0 Å². The Kier molecular flexibility index (Phi) is 6.90. The zero-order valence-corrected chi connectivity index (χ0v) is 13.8. The number of hydrogen-bond donors (Lipinski definition) is 1. The standard InChI is InChI=1S/C18H29NO2/c1-5-21-16-8-6-7-14(13-16)17(20)10-9-15(11-12-19)18(2,3)4/h6-8,13,15H,5,9-12,19H2,1-4H3. The van der Waals surface area contributed by atoms with E-state index < -0.39 is 0 Å². The predicted molar refractivity (Wildman–Crippen MR) is 87.8 cm³/mol. The van der Waals surface area contributed by atoms with Crippen LogP contribution < -0.4 is 10.5 Å². The Balaban J connectivity index is 2.65. The molecule has 3 heteroatoms. The van der Waals surface area contributed by atoms with Gasteiger partial charge in [0.05, 0.1) is 6.61 Å². The van der Waals surface area contributed by atoms with E-state index in [2.05, 4.69) is 20.8 Å². The van der Waals surface area contributed by atoms with Crippen LogP contribution in [0, 0.1) is 11.3 Å². The van der Waals surface area contributed by atoms with E-state index in [1.54, 1.807) is 0 Å². The van der Waals surface area contributed by atoms with Crippen LogP contribution in [0.5, 0.6) is 5.75 Å². The van der Waals surface area contributed by atoms with Gasteiger partial charge in [0.25, 0.3) is 0 Å². The lowest BCUT2D eigenvalue weighted by Gasteiger charge is -2.30. The van der Waals surface area contributed by atoms with E-state index in [0.717, 1.165) is 24.2 Å². The van der Waals surface area contributed by atoms with Crippen molar-refractivity contribution in [2.75, 3.05) is 13.2 Å². The molecule has 0 heterocycles. The molecule has 0 aliphatic heterocycles. The molecule has 0 fully saturated rings. The van der Waals surface area contributed by atoms with Crippen molar-refractivity contribution in [1.82, 2.24) is 0 Å². The van der Waals surface area contributed by atoms with Crippen molar-refractivity contribution >= 4 is 5.78 Å². The van der Waals surface area contributed by atoms with E-state index in [9.17, 15) is 4.79 Å². The van der Waals surface area contributed by atoms with Crippen LogP contribution in [-0.2, 0) is 0 Å². The Morgan fingerprint density at radius 1 is 1.29 bits per heavy atom. The van der Waals surface area contributed by atoms with Crippen LogP contribution >= 0.6 is 0 Å². The lowest BCUT2D eigenvalue weighted by molar-refractivity contribution is 0.0957. The molecule has 0 radical (unpaired) electrons. The Morgan fingerprint density at radius 3 is 2.57 bits per heavy atom. The molecule has 0 saturated carbocycles. The summed E-state index contributed by atoms with van der Waals surface area (Å²) in [7, 11) is 0. The van der Waals surface area contributed by atoms with Gasteiger partial charge >= 0.3 is 0 Å². The third kappa shape index (κ3) is 5.88. The molecule has 1 unspecified atom stereocenters. The van der Waals surface area contributed by atoms with Gasteiger partial charge in [0.1, 0.15) is 5.75 Å². The van der Waals surface area contributed by atoms with E-state index in [-0.39, 0.29) is 11.2 Å². The van der Waals surface area contributed by atoms with Crippen LogP contribution in [0.15, 0.2) is 24.3 Å². The molecule has 2 N–H and O–H groups in total. The molecule has 0 saturated heterocycles. The number of carbonyl (C=O) groups excluding carboxylic acids is 1. The quantitative estimate of drug-likeness (QED) is 0.735. The summed E-state index contributed by atoms with van der Waals surface area (Å²) < 4.78 is 5.45. The number of carbonyl (C=O) groups is 1. The number of ether oxygens (including phenoxy) is 1. The summed E-state index contributed by atoms with van der Waals surface area (Å²) in [6, 6.07) is 7.45. The lowest BCUT2D eigenvalue weighted by Crippen LogP contribution is -2.24. The Hall–Kier alpha value is -1.35. The number of hydrogen-bond acceptors (Lipinski definition) is 3. The van der Waals surface area contributed by atoms with Gasteiger partial charge in [-0.2, -0.15) is 0 Å². The monoisotopic (exact) mass is 291 g/mol. The van der Waals surface area contributed by atoms with Crippen molar-refractivity contribution in [3.63, 3.8) is 0 Å². The number of ketones is 1. The smallest absolute Gasteiger partial charge is 0.163 e. The summed E-state index contributed by atoms with van der Waals surface area (Å²) in [5, 5.41) is 0. The van der Waals surface area contributed by atoms with E-state index in [1.807, 2.05) is 31.2 Å². The Labute approximate surface area is 128 Å². The van der Waals surface area contributed by atoms with Crippen LogP contribution in [0.25, 0.3) is 0 Å². The molecular weight excluding hydrogens is 262 g/mol. The molecule has 1 rings (SSSR count). The highest BCUT2D eigenvalue weighted by atomic mass is 16.5. The first-order valence-corrected chi connectivity index (χ1v) is 7.84. The molecule has 0 aliphatic carbocycles. The van der Waals surface area contributed by atoms with Crippen molar-refractivity contribution in [3.8, 4) is 5.75 Å². The van der Waals surface area contributed by atoms with Gasteiger partial charge in [-0.1, -0.05) is 32.9 Å². The maximum Gasteiger partial charge on any atom is 0.163 e. The third-order valence-corrected chi connectivity index (χ3v) is 3.93. The van der Waals surface area contributed by atoms with Crippen LogP contribution in [0.1, 0.15) is 57.3 Å². The van der Waals surface area contributed by atoms with Gasteiger partial charge in [-0.25, -0.2) is 0 Å². The normalized spacial score (nSPS) is 13.0. The Morgan fingerprint density at radius 2 is 2.00 bits per heavy atom. The predicted octanol–water partition coefficient (Wildman–Crippen LogP) is 4.06. The summed E-state index contributed by atoms with van der Waals surface area (Å²) in [5.41, 5.74) is 6.62. The summed E-state index contributed by atoms with van der Waals surface area (Å²) in [5.74, 6) is 1.42. The van der Waals surface area contributed by atoms with Gasteiger partial charge in [0.15, 0.2) is 5.78 Å². The van der Waals surface area contributed by atoms with Crippen molar-refractivity contribution in [1.29, 1.82) is 0 Å². The first-order valence-electron chi connectivity index (χ1n) is 7.84. The fraction of sp³-hybridized carbons (Fsp3) is 0.611.